The molecule has 70 valence electrons. The summed E-state index contributed by atoms with van der Waals surface area (Å²) in [5, 5.41) is 0. The Labute approximate surface area is 86.3 Å². The van der Waals surface area contributed by atoms with E-state index in [1.165, 1.54) is 5.56 Å². The van der Waals surface area contributed by atoms with Crippen LogP contribution in [-0.4, -0.2) is 0 Å². The van der Waals surface area contributed by atoms with Crippen molar-refractivity contribution in [2.45, 2.75) is 26.7 Å². The molecule has 0 fully saturated rings. The van der Waals surface area contributed by atoms with Gasteiger partial charge in [-0.15, -0.1) is 17.8 Å². The van der Waals surface area contributed by atoms with Crippen LogP contribution in [0.25, 0.3) is 0 Å². The maximum absolute atomic E-state index is 3.06. The van der Waals surface area contributed by atoms with Gasteiger partial charge in [0.05, 0.1) is 0 Å². The summed E-state index contributed by atoms with van der Waals surface area (Å²) >= 11 is 0. The summed E-state index contributed by atoms with van der Waals surface area (Å²) in [6, 6.07) is 8.37. The van der Waals surface area contributed by atoms with E-state index >= 15 is 0 Å². The quantitative estimate of drug-likeness (QED) is 0.617. The number of aryl methyl sites for hydroxylation is 1. The molecule has 0 N–H and O–H groups in total. The van der Waals surface area contributed by atoms with Gasteiger partial charge in [-0.2, -0.15) is 0 Å². The molecule has 0 aromatic heterocycles. The third-order valence-corrected chi connectivity index (χ3v) is 1.94. The summed E-state index contributed by atoms with van der Waals surface area (Å²) in [6.07, 6.45) is 1.97. The molecular weight excluding hydrogens is 168 g/mol. The van der Waals surface area contributed by atoms with Crippen LogP contribution in [0.3, 0.4) is 0 Å². The van der Waals surface area contributed by atoms with Gasteiger partial charge >= 0.3 is 0 Å². The zero-order valence-corrected chi connectivity index (χ0v) is 8.72. The third kappa shape index (κ3) is 3.38. The first kappa shape index (κ1) is 10.4. The lowest BCUT2D eigenvalue weighted by Crippen LogP contribution is -1.83. The second-order valence-electron chi connectivity index (χ2n) is 3.00. The van der Waals surface area contributed by atoms with E-state index in [1.54, 1.807) is 0 Å². The van der Waals surface area contributed by atoms with Crippen molar-refractivity contribution in [2.75, 3.05) is 0 Å². The molecule has 0 atom stereocenters. The number of rotatable bonds is 2. The van der Waals surface area contributed by atoms with Gasteiger partial charge in [-0.1, -0.05) is 18.1 Å². The second kappa shape index (κ2) is 5.90. The minimum absolute atomic E-state index is 0.940. The molecule has 0 aliphatic heterocycles. The molecule has 0 aliphatic rings. The highest BCUT2D eigenvalue weighted by Gasteiger charge is 1.91. The second-order valence-corrected chi connectivity index (χ2v) is 3.00. The molecule has 0 heterocycles. The Hall–Kier alpha value is -1.66. The van der Waals surface area contributed by atoms with Crippen molar-refractivity contribution in [3.05, 3.63) is 35.4 Å². The number of hydrogen-bond donors (Lipinski definition) is 0. The van der Waals surface area contributed by atoms with Gasteiger partial charge in [-0.05, 0) is 38.0 Å². The molecule has 14 heavy (non-hydrogen) atoms. The molecule has 0 saturated heterocycles. The summed E-state index contributed by atoms with van der Waals surface area (Å²) in [4.78, 5) is 0. The van der Waals surface area contributed by atoms with Crippen LogP contribution < -0.4 is 0 Å². The number of benzene rings is 1. The predicted octanol–water partition coefficient (Wildman–Crippen LogP) is 3.01. The van der Waals surface area contributed by atoms with E-state index in [2.05, 4.69) is 47.9 Å². The van der Waals surface area contributed by atoms with E-state index < -0.39 is 0 Å². The molecule has 1 rings (SSSR count). The summed E-state index contributed by atoms with van der Waals surface area (Å²) in [7, 11) is 0. The monoisotopic (exact) mass is 182 g/mol. The fourth-order valence-corrected chi connectivity index (χ4v) is 1.23. The Balaban J connectivity index is 2.61. The normalized spacial score (nSPS) is 8.14. The first-order valence-electron chi connectivity index (χ1n) is 4.78. The Bertz CT molecular complexity index is 388. The molecule has 0 heteroatoms. The van der Waals surface area contributed by atoms with Gasteiger partial charge in [-0.25, -0.2) is 0 Å². The minimum Gasteiger partial charge on any atom is -0.107 e. The lowest BCUT2D eigenvalue weighted by atomic mass is 10.1. The molecular formula is C14H14. The van der Waals surface area contributed by atoms with E-state index in [1.807, 2.05) is 13.8 Å². The highest BCUT2D eigenvalue weighted by molar-refractivity contribution is 5.35. The van der Waals surface area contributed by atoms with Crippen LogP contribution in [-0.2, 0) is 6.42 Å². The van der Waals surface area contributed by atoms with Gasteiger partial charge in [0.25, 0.3) is 0 Å². The Morgan fingerprint density at radius 3 is 2.29 bits per heavy atom. The molecule has 0 radical (unpaired) electrons. The fourth-order valence-electron chi connectivity index (χ4n) is 1.23. The summed E-state index contributed by atoms with van der Waals surface area (Å²) in [5.74, 6) is 11.9. The summed E-state index contributed by atoms with van der Waals surface area (Å²) < 4.78 is 0. The average Bonchev–Trinajstić information content (AvgIpc) is 2.21. The van der Waals surface area contributed by atoms with Crippen molar-refractivity contribution in [3.8, 4) is 23.7 Å². The summed E-state index contributed by atoms with van der Waals surface area (Å²) in [6.45, 7) is 3.73. The smallest absolute Gasteiger partial charge is 0.0245 e. The first-order valence-corrected chi connectivity index (χ1v) is 4.78. The maximum Gasteiger partial charge on any atom is 0.0245 e. The lowest BCUT2D eigenvalue weighted by molar-refractivity contribution is 1.03. The van der Waals surface area contributed by atoms with Crippen molar-refractivity contribution in [3.63, 3.8) is 0 Å². The molecule has 0 saturated carbocycles. The maximum atomic E-state index is 3.06. The molecule has 1 aromatic rings. The molecule has 0 aliphatic carbocycles. The zero-order chi connectivity index (χ0) is 10.2. The van der Waals surface area contributed by atoms with E-state index in [0.717, 1.165) is 18.4 Å². The van der Waals surface area contributed by atoms with Crippen LogP contribution in [0, 0.1) is 23.7 Å². The molecule has 0 nitrogen and oxygen atoms in total. The lowest BCUT2D eigenvalue weighted by Gasteiger charge is -1.97. The molecule has 0 spiro atoms. The van der Waals surface area contributed by atoms with Gasteiger partial charge < -0.3 is 0 Å². The SMILES string of the molecule is CC#CCCc1ccc(C#CC)cc1. The van der Waals surface area contributed by atoms with E-state index in [9.17, 15) is 0 Å². The summed E-state index contributed by atoms with van der Waals surface area (Å²) in [5.41, 5.74) is 2.41. The molecule has 0 bridgehead atoms. The van der Waals surface area contributed by atoms with Gasteiger partial charge in [0, 0.05) is 12.0 Å². The van der Waals surface area contributed by atoms with Gasteiger partial charge in [-0.3, -0.25) is 0 Å². The van der Waals surface area contributed by atoms with Crippen molar-refractivity contribution in [1.82, 2.24) is 0 Å². The standard InChI is InChI=1S/C14H14/c1-3-5-6-8-14-11-9-13(7-4-2)10-12-14/h9-12H,6,8H2,1-2H3. The Morgan fingerprint density at radius 2 is 1.71 bits per heavy atom. The topological polar surface area (TPSA) is 0 Å². The minimum atomic E-state index is 0.940. The molecule has 0 amide bonds. The van der Waals surface area contributed by atoms with E-state index in [4.69, 9.17) is 0 Å². The Morgan fingerprint density at radius 1 is 1.00 bits per heavy atom. The highest BCUT2D eigenvalue weighted by atomic mass is 14.0. The van der Waals surface area contributed by atoms with E-state index in [-0.39, 0.29) is 0 Å². The Kier molecular flexibility index (Phi) is 4.39. The highest BCUT2D eigenvalue weighted by Crippen LogP contribution is 2.05. The van der Waals surface area contributed by atoms with Crippen LogP contribution in [0.1, 0.15) is 31.4 Å². The van der Waals surface area contributed by atoms with Gasteiger partial charge in [0.15, 0.2) is 0 Å². The molecule has 1 aromatic carbocycles. The third-order valence-electron chi connectivity index (χ3n) is 1.94. The van der Waals surface area contributed by atoms with Crippen LogP contribution >= 0.6 is 0 Å². The van der Waals surface area contributed by atoms with Crippen molar-refractivity contribution in [2.24, 2.45) is 0 Å². The van der Waals surface area contributed by atoms with Crippen LogP contribution in [0.15, 0.2) is 24.3 Å². The zero-order valence-electron chi connectivity index (χ0n) is 8.72. The van der Waals surface area contributed by atoms with Gasteiger partial charge in [0.1, 0.15) is 0 Å². The van der Waals surface area contributed by atoms with Crippen LogP contribution in [0.4, 0.5) is 0 Å². The van der Waals surface area contributed by atoms with Gasteiger partial charge in [0.2, 0.25) is 0 Å². The number of hydrogen-bond acceptors (Lipinski definition) is 0. The average molecular weight is 182 g/mol. The molecule has 0 unspecified atom stereocenters. The van der Waals surface area contributed by atoms with Crippen LogP contribution in [0.2, 0.25) is 0 Å². The largest absolute Gasteiger partial charge is 0.107 e. The van der Waals surface area contributed by atoms with Crippen molar-refractivity contribution < 1.29 is 0 Å². The predicted molar refractivity (Wildman–Crippen MR) is 60.8 cm³/mol. The van der Waals surface area contributed by atoms with Crippen molar-refractivity contribution >= 4 is 0 Å². The van der Waals surface area contributed by atoms with Crippen molar-refractivity contribution in [1.29, 1.82) is 0 Å². The fraction of sp³-hybridized carbons (Fsp3) is 0.286. The van der Waals surface area contributed by atoms with Crippen LogP contribution in [0.5, 0.6) is 0 Å². The first-order chi connectivity index (χ1) is 6.86. The van der Waals surface area contributed by atoms with E-state index in [0.29, 0.717) is 0 Å².